The van der Waals surface area contributed by atoms with E-state index in [1.54, 1.807) is 0 Å². The van der Waals surface area contributed by atoms with Crippen molar-refractivity contribution in [1.82, 2.24) is 14.6 Å². The van der Waals surface area contributed by atoms with E-state index in [1.807, 2.05) is 6.92 Å². The quantitative estimate of drug-likeness (QED) is 0.889. The molecule has 1 fully saturated rings. The van der Waals surface area contributed by atoms with Crippen molar-refractivity contribution in [2.45, 2.75) is 17.9 Å². The SMILES string of the molecule is CC1CN(S(=O)(=O)c2cncc(Cl)c2)CCN1.Cl. The molecule has 1 atom stereocenters. The van der Waals surface area contributed by atoms with Crippen LogP contribution in [0.3, 0.4) is 0 Å². The van der Waals surface area contributed by atoms with Crippen LogP contribution >= 0.6 is 24.0 Å². The normalized spacial score (nSPS) is 21.3. The smallest absolute Gasteiger partial charge is 0.244 e. The molecular formula is C10H15Cl2N3O2S. The zero-order valence-corrected chi connectivity index (χ0v) is 12.2. The molecule has 0 aromatic carbocycles. The Hall–Kier alpha value is -0.400. The van der Waals surface area contributed by atoms with Gasteiger partial charge in [-0.2, -0.15) is 4.31 Å². The molecule has 1 N–H and O–H groups in total. The Morgan fingerprint density at radius 1 is 1.50 bits per heavy atom. The highest BCUT2D eigenvalue weighted by Crippen LogP contribution is 2.19. The number of nitrogens with zero attached hydrogens (tertiary/aromatic N) is 2. The first-order valence-electron chi connectivity index (χ1n) is 5.34. The maximum absolute atomic E-state index is 12.3. The number of piperazine rings is 1. The summed E-state index contributed by atoms with van der Waals surface area (Å²) in [5.74, 6) is 0. The highest BCUT2D eigenvalue weighted by molar-refractivity contribution is 7.89. The van der Waals surface area contributed by atoms with Gasteiger partial charge in [0.25, 0.3) is 0 Å². The molecule has 0 amide bonds. The van der Waals surface area contributed by atoms with Gasteiger partial charge in [0.2, 0.25) is 10.0 Å². The third-order valence-electron chi connectivity index (χ3n) is 2.65. The first kappa shape index (κ1) is 15.7. The Bertz CT molecular complexity index is 510. The number of hydrogen-bond acceptors (Lipinski definition) is 4. The molecule has 0 saturated carbocycles. The first-order chi connectivity index (χ1) is 8.00. The maximum atomic E-state index is 12.3. The molecule has 8 heteroatoms. The fraction of sp³-hybridized carbons (Fsp3) is 0.500. The van der Waals surface area contributed by atoms with Gasteiger partial charge in [-0.05, 0) is 13.0 Å². The van der Waals surface area contributed by atoms with E-state index in [0.29, 0.717) is 24.7 Å². The third kappa shape index (κ3) is 3.33. The summed E-state index contributed by atoms with van der Waals surface area (Å²) in [6.45, 7) is 3.56. The number of aromatic nitrogens is 1. The molecule has 1 aliphatic heterocycles. The number of halogens is 2. The van der Waals surface area contributed by atoms with Gasteiger partial charge in [-0.15, -0.1) is 12.4 Å². The van der Waals surface area contributed by atoms with E-state index in [4.69, 9.17) is 11.6 Å². The van der Waals surface area contributed by atoms with Crippen LogP contribution in [-0.2, 0) is 10.0 Å². The lowest BCUT2D eigenvalue weighted by molar-refractivity contribution is 0.310. The zero-order chi connectivity index (χ0) is 12.5. The van der Waals surface area contributed by atoms with Gasteiger partial charge in [-0.3, -0.25) is 4.98 Å². The van der Waals surface area contributed by atoms with Crippen molar-refractivity contribution in [3.8, 4) is 0 Å². The van der Waals surface area contributed by atoms with Crippen molar-refractivity contribution < 1.29 is 8.42 Å². The highest BCUT2D eigenvalue weighted by atomic mass is 35.5. The number of hydrogen-bond donors (Lipinski definition) is 1. The molecule has 0 aliphatic carbocycles. The number of rotatable bonds is 2. The van der Waals surface area contributed by atoms with E-state index in [2.05, 4.69) is 10.3 Å². The highest BCUT2D eigenvalue weighted by Gasteiger charge is 2.28. The summed E-state index contributed by atoms with van der Waals surface area (Å²) in [5, 5.41) is 3.53. The van der Waals surface area contributed by atoms with E-state index >= 15 is 0 Å². The van der Waals surface area contributed by atoms with E-state index < -0.39 is 10.0 Å². The molecular weight excluding hydrogens is 297 g/mol. The second-order valence-corrected chi connectivity index (χ2v) is 6.43. The van der Waals surface area contributed by atoms with E-state index in [9.17, 15) is 8.42 Å². The summed E-state index contributed by atoms with van der Waals surface area (Å²) in [7, 11) is -3.47. The molecule has 0 spiro atoms. The Balaban J connectivity index is 0.00000162. The van der Waals surface area contributed by atoms with Crippen LogP contribution in [-0.4, -0.2) is 43.4 Å². The lowest BCUT2D eigenvalue weighted by Gasteiger charge is -2.30. The predicted molar refractivity (Wildman–Crippen MR) is 72.7 cm³/mol. The minimum atomic E-state index is -3.47. The summed E-state index contributed by atoms with van der Waals surface area (Å²) < 4.78 is 26.0. The molecule has 1 saturated heterocycles. The van der Waals surface area contributed by atoms with E-state index in [-0.39, 0.29) is 23.3 Å². The molecule has 0 radical (unpaired) electrons. The molecule has 1 unspecified atom stereocenters. The topological polar surface area (TPSA) is 62.3 Å². The Kier molecular flexibility index (Phi) is 5.36. The lowest BCUT2D eigenvalue weighted by Crippen LogP contribution is -2.51. The minimum absolute atomic E-state index is 0. The van der Waals surface area contributed by atoms with Crippen LogP contribution < -0.4 is 5.32 Å². The number of pyridine rings is 1. The molecule has 18 heavy (non-hydrogen) atoms. The summed E-state index contributed by atoms with van der Waals surface area (Å²) in [5.41, 5.74) is 0. The fourth-order valence-corrected chi connectivity index (χ4v) is 3.56. The Labute approximate surface area is 118 Å². The van der Waals surface area contributed by atoms with Gasteiger partial charge in [0.1, 0.15) is 4.90 Å². The van der Waals surface area contributed by atoms with Crippen LogP contribution in [0.1, 0.15) is 6.92 Å². The average Bonchev–Trinajstić information content (AvgIpc) is 2.29. The van der Waals surface area contributed by atoms with Crippen molar-refractivity contribution >= 4 is 34.0 Å². The molecule has 1 aromatic heterocycles. The fourth-order valence-electron chi connectivity index (χ4n) is 1.80. The van der Waals surface area contributed by atoms with Gasteiger partial charge in [-0.25, -0.2) is 8.42 Å². The van der Waals surface area contributed by atoms with Crippen molar-refractivity contribution in [1.29, 1.82) is 0 Å². The van der Waals surface area contributed by atoms with Crippen LogP contribution in [0.15, 0.2) is 23.4 Å². The van der Waals surface area contributed by atoms with E-state index in [0.717, 1.165) is 0 Å². The van der Waals surface area contributed by atoms with Gasteiger partial charge in [0.15, 0.2) is 0 Å². The zero-order valence-electron chi connectivity index (χ0n) is 9.84. The van der Waals surface area contributed by atoms with Crippen molar-refractivity contribution in [3.63, 3.8) is 0 Å². The van der Waals surface area contributed by atoms with Crippen molar-refractivity contribution in [2.75, 3.05) is 19.6 Å². The molecule has 102 valence electrons. The first-order valence-corrected chi connectivity index (χ1v) is 7.16. The number of sulfonamides is 1. The molecule has 5 nitrogen and oxygen atoms in total. The van der Waals surface area contributed by atoms with Crippen molar-refractivity contribution in [3.05, 3.63) is 23.5 Å². The van der Waals surface area contributed by atoms with Crippen LogP contribution in [0.2, 0.25) is 5.02 Å². The molecule has 2 rings (SSSR count). The van der Waals surface area contributed by atoms with Gasteiger partial charge < -0.3 is 5.32 Å². The largest absolute Gasteiger partial charge is 0.312 e. The molecule has 0 bridgehead atoms. The monoisotopic (exact) mass is 311 g/mol. The lowest BCUT2D eigenvalue weighted by atomic mass is 10.3. The maximum Gasteiger partial charge on any atom is 0.244 e. The van der Waals surface area contributed by atoms with Crippen LogP contribution in [0.4, 0.5) is 0 Å². The van der Waals surface area contributed by atoms with Gasteiger partial charge >= 0.3 is 0 Å². The van der Waals surface area contributed by atoms with E-state index in [1.165, 1.54) is 22.8 Å². The summed E-state index contributed by atoms with van der Waals surface area (Å²) >= 11 is 5.76. The van der Waals surface area contributed by atoms with Crippen LogP contribution in [0.25, 0.3) is 0 Å². The van der Waals surface area contributed by atoms with Crippen LogP contribution in [0, 0.1) is 0 Å². The summed E-state index contributed by atoms with van der Waals surface area (Å²) in [4.78, 5) is 3.96. The third-order valence-corrected chi connectivity index (χ3v) is 4.69. The van der Waals surface area contributed by atoms with Gasteiger partial charge in [0.05, 0.1) is 5.02 Å². The minimum Gasteiger partial charge on any atom is -0.312 e. The second-order valence-electron chi connectivity index (χ2n) is 4.06. The number of nitrogens with one attached hydrogen (secondary N) is 1. The standard InChI is InChI=1S/C10H14ClN3O2S.ClH/c1-8-7-14(3-2-13-8)17(15,16)10-4-9(11)5-12-6-10;/h4-6,8,13H,2-3,7H2,1H3;1H. The second kappa shape index (κ2) is 6.16. The summed E-state index contributed by atoms with van der Waals surface area (Å²) in [6.07, 6.45) is 2.74. The summed E-state index contributed by atoms with van der Waals surface area (Å²) in [6, 6.07) is 1.59. The average molecular weight is 312 g/mol. The van der Waals surface area contributed by atoms with Crippen LogP contribution in [0.5, 0.6) is 0 Å². The Morgan fingerprint density at radius 2 is 2.22 bits per heavy atom. The van der Waals surface area contributed by atoms with Gasteiger partial charge in [0, 0.05) is 38.1 Å². The predicted octanol–water partition coefficient (Wildman–Crippen LogP) is 1.14. The molecule has 2 heterocycles. The van der Waals surface area contributed by atoms with Gasteiger partial charge in [-0.1, -0.05) is 11.6 Å². The molecule has 1 aromatic rings. The Morgan fingerprint density at radius 3 is 2.83 bits per heavy atom. The molecule has 1 aliphatic rings. The van der Waals surface area contributed by atoms with Crippen molar-refractivity contribution in [2.24, 2.45) is 0 Å².